The van der Waals surface area contributed by atoms with Crippen LogP contribution in [0.4, 0.5) is 19.3 Å². The first-order valence-electron chi connectivity index (χ1n) is 17.1. The summed E-state index contributed by atoms with van der Waals surface area (Å²) in [7, 11) is 2.73. The second-order valence-corrected chi connectivity index (χ2v) is 14.5. The first-order valence-corrected chi connectivity index (χ1v) is 17.8. The molecule has 17 heteroatoms. The van der Waals surface area contributed by atoms with E-state index in [0.29, 0.717) is 67.8 Å². The number of piperazine rings is 1. The van der Waals surface area contributed by atoms with Crippen LogP contribution >= 0.6 is 23.2 Å². The molecule has 2 aromatic carbocycles. The summed E-state index contributed by atoms with van der Waals surface area (Å²) in [5.74, 6) is -2.93. The maximum atomic E-state index is 14.7. The maximum Gasteiger partial charge on any atom is 0.320 e. The molecule has 3 N–H and O–H groups in total. The minimum atomic E-state index is -1.15. The number of fused-ring (bicyclic) bond motifs is 1. The average molecular weight is 763 g/mol. The number of carbonyl (C=O) groups excluding carboxylic acids is 4. The SMILES string of the molecule is COc1ccc(-c2cnc(C(=O)Nc3ccc(C(=O)N4CCN(C(=O)N5C[C@@H]6C[N+](CCCN)(CC(=O)Cl)C[C@@H]6C5)CC4)c(Cl)c3)n2C)c(F)c1F. The molecule has 0 aliphatic carbocycles. The number of benzene rings is 2. The molecule has 3 atom stereocenters. The summed E-state index contributed by atoms with van der Waals surface area (Å²) in [5, 5.41) is 2.46. The Morgan fingerprint density at radius 2 is 1.67 bits per heavy atom. The molecule has 52 heavy (non-hydrogen) atoms. The number of amides is 4. The highest BCUT2D eigenvalue weighted by atomic mass is 35.5. The number of carbonyl (C=O) groups is 4. The number of rotatable bonds is 10. The number of nitrogens with one attached hydrogen (secondary N) is 1. The summed E-state index contributed by atoms with van der Waals surface area (Å²) >= 11 is 12.3. The van der Waals surface area contributed by atoms with Gasteiger partial charge in [-0.15, -0.1) is 0 Å². The fourth-order valence-corrected chi connectivity index (χ4v) is 8.36. The van der Waals surface area contributed by atoms with Crippen molar-refractivity contribution in [1.82, 2.24) is 24.3 Å². The second-order valence-electron chi connectivity index (χ2n) is 13.7. The zero-order chi connectivity index (χ0) is 37.3. The van der Waals surface area contributed by atoms with E-state index in [1.807, 2.05) is 4.90 Å². The second kappa shape index (κ2) is 15.3. The van der Waals surface area contributed by atoms with Gasteiger partial charge in [-0.25, -0.2) is 14.2 Å². The first-order chi connectivity index (χ1) is 24.8. The van der Waals surface area contributed by atoms with Crippen LogP contribution in [0.5, 0.6) is 5.75 Å². The summed E-state index contributed by atoms with van der Waals surface area (Å²) in [6, 6.07) is 7.08. The van der Waals surface area contributed by atoms with E-state index in [0.717, 1.165) is 26.1 Å². The molecule has 4 amide bonds. The van der Waals surface area contributed by atoms with E-state index < -0.39 is 17.5 Å². The largest absolute Gasteiger partial charge is 0.494 e. The van der Waals surface area contributed by atoms with Crippen LogP contribution in [-0.2, 0) is 11.8 Å². The van der Waals surface area contributed by atoms with Crippen molar-refractivity contribution < 1.29 is 37.2 Å². The smallest absolute Gasteiger partial charge is 0.320 e. The molecule has 3 fully saturated rings. The van der Waals surface area contributed by atoms with Gasteiger partial charge in [0, 0.05) is 75.8 Å². The highest BCUT2D eigenvalue weighted by molar-refractivity contribution is 6.63. The van der Waals surface area contributed by atoms with Crippen LogP contribution < -0.4 is 15.8 Å². The van der Waals surface area contributed by atoms with Gasteiger partial charge in [0.15, 0.2) is 23.9 Å². The molecule has 0 bridgehead atoms. The highest BCUT2D eigenvalue weighted by Crippen LogP contribution is 2.37. The van der Waals surface area contributed by atoms with Crippen molar-refractivity contribution in [3.63, 3.8) is 0 Å². The number of imidazole rings is 1. The van der Waals surface area contributed by atoms with E-state index >= 15 is 0 Å². The Bertz CT molecular complexity index is 1870. The Kier molecular flexibility index (Phi) is 11.1. The Labute approximate surface area is 309 Å². The van der Waals surface area contributed by atoms with Gasteiger partial charge in [-0.2, -0.15) is 4.39 Å². The lowest BCUT2D eigenvalue weighted by Gasteiger charge is -2.38. The number of hydrogen-bond donors (Lipinski definition) is 2. The van der Waals surface area contributed by atoms with Crippen molar-refractivity contribution in [3.8, 4) is 17.0 Å². The predicted molar refractivity (Wildman–Crippen MR) is 190 cm³/mol. The van der Waals surface area contributed by atoms with E-state index in [1.165, 1.54) is 55.3 Å². The summed E-state index contributed by atoms with van der Waals surface area (Å²) < 4.78 is 35.8. The molecule has 3 saturated heterocycles. The number of nitrogens with two attached hydrogens (primary N) is 1. The summed E-state index contributed by atoms with van der Waals surface area (Å²) in [4.78, 5) is 61.2. The van der Waals surface area contributed by atoms with Crippen molar-refractivity contribution in [3.05, 3.63) is 64.6 Å². The molecule has 0 saturated carbocycles. The molecular formula is C35H41Cl2F2N8O5+. The lowest BCUT2D eigenvalue weighted by molar-refractivity contribution is -0.911. The van der Waals surface area contributed by atoms with Gasteiger partial charge in [0.05, 0.1) is 49.2 Å². The molecule has 278 valence electrons. The van der Waals surface area contributed by atoms with Crippen molar-refractivity contribution >= 4 is 52.0 Å². The third-order valence-electron chi connectivity index (χ3n) is 10.4. The lowest BCUT2D eigenvalue weighted by Crippen LogP contribution is -2.55. The Balaban J connectivity index is 1.02. The Morgan fingerprint density at radius 3 is 2.29 bits per heavy atom. The Hall–Kier alpha value is -4.31. The van der Waals surface area contributed by atoms with Crippen LogP contribution in [0.15, 0.2) is 36.5 Å². The summed E-state index contributed by atoms with van der Waals surface area (Å²) in [5.41, 5.74) is 6.37. The van der Waals surface area contributed by atoms with Crippen LogP contribution in [0.1, 0.15) is 27.4 Å². The topological polar surface area (TPSA) is 143 Å². The van der Waals surface area contributed by atoms with E-state index in [1.54, 1.807) is 9.80 Å². The number of aromatic nitrogens is 2. The minimum Gasteiger partial charge on any atom is -0.494 e. The first kappa shape index (κ1) is 37.4. The summed E-state index contributed by atoms with van der Waals surface area (Å²) in [6.45, 7) is 5.91. The molecule has 13 nitrogen and oxygen atoms in total. The molecule has 3 aromatic rings. The monoisotopic (exact) mass is 761 g/mol. The number of quaternary nitrogens is 1. The van der Waals surface area contributed by atoms with Crippen molar-refractivity contribution in [2.45, 2.75) is 6.42 Å². The number of nitrogens with zero attached hydrogens (tertiary/aromatic N) is 6. The van der Waals surface area contributed by atoms with Gasteiger partial charge in [-0.05, 0) is 48.5 Å². The van der Waals surface area contributed by atoms with Gasteiger partial charge in [-0.3, -0.25) is 14.4 Å². The fraction of sp³-hybridized carbons (Fsp3) is 0.457. The molecule has 1 unspecified atom stereocenters. The van der Waals surface area contributed by atoms with Crippen molar-refractivity contribution in [2.24, 2.45) is 24.6 Å². The molecule has 3 aliphatic rings. The molecular weight excluding hydrogens is 721 g/mol. The standard InChI is InChI=1S/C35H40Cl2F2N8O5/c1-43-27(25-6-7-28(52-2)31(39)30(25)38)15-41-32(43)33(49)42-23-4-5-24(26(36)14-23)34(50)44-9-11-45(12-10-44)35(51)46-16-21-18-47(13-3-8-40,20-29(37)48)19-22(21)17-46/h4-7,14-15,21-22H,3,8-13,16-20,40H2,1-2H3/p+1/t21-,22+,47?. The van der Waals surface area contributed by atoms with E-state index in [-0.39, 0.29) is 57.1 Å². The third kappa shape index (κ3) is 7.45. The van der Waals surface area contributed by atoms with E-state index in [4.69, 9.17) is 33.7 Å². The van der Waals surface area contributed by atoms with Crippen LogP contribution in [0, 0.1) is 23.5 Å². The van der Waals surface area contributed by atoms with Gasteiger partial charge < -0.3 is 39.5 Å². The average Bonchev–Trinajstić information content (AvgIpc) is 3.79. The van der Waals surface area contributed by atoms with Crippen LogP contribution in [0.2, 0.25) is 5.02 Å². The fourth-order valence-electron chi connectivity index (χ4n) is 7.84. The van der Waals surface area contributed by atoms with Crippen LogP contribution in [-0.4, -0.2) is 131 Å². The predicted octanol–water partition coefficient (Wildman–Crippen LogP) is 3.65. The number of hydrogen-bond acceptors (Lipinski definition) is 7. The quantitative estimate of drug-likeness (QED) is 0.237. The molecule has 0 spiro atoms. The summed E-state index contributed by atoms with van der Waals surface area (Å²) in [6.07, 6.45) is 2.08. The number of anilines is 1. The number of urea groups is 1. The zero-order valence-corrected chi connectivity index (χ0v) is 30.4. The van der Waals surface area contributed by atoms with Crippen molar-refractivity contribution in [2.75, 3.05) is 84.4 Å². The number of halogens is 4. The molecule has 6 rings (SSSR count). The van der Waals surface area contributed by atoms with Gasteiger partial charge in [0.2, 0.25) is 5.82 Å². The Morgan fingerprint density at radius 1 is 1.00 bits per heavy atom. The normalized spacial score (nSPS) is 21.3. The third-order valence-corrected chi connectivity index (χ3v) is 10.8. The minimum absolute atomic E-state index is 0.0470. The van der Waals surface area contributed by atoms with Crippen molar-refractivity contribution in [1.29, 1.82) is 0 Å². The van der Waals surface area contributed by atoms with Gasteiger partial charge in [0.1, 0.15) is 0 Å². The zero-order valence-electron chi connectivity index (χ0n) is 28.9. The van der Waals surface area contributed by atoms with E-state index in [9.17, 15) is 28.0 Å². The molecule has 0 radical (unpaired) electrons. The maximum absolute atomic E-state index is 14.7. The van der Waals surface area contributed by atoms with E-state index in [2.05, 4.69) is 10.3 Å². The highest BCUT2D eigenvalue weighted by Gasteiger charge is 2.51. The number of methoxy groups -OCH3 is 1. The number of ether oxygens (including phenoxy) is 1. The molecule has 4 heterocycles. The van der Waals surface area contributed by atoms with Gasteiger partial charge >= 0.3 is 6.03 Å². The van der Waals surface area contributed by atoms with Crippen LogP contribution in [0.3, 0.4) is 0 Å². The van der Waals surface area contributed by atoms with Crippen LogP contribution in [0.25, 0.3) is 11.3 Å². The number of likely N-dealkylation sites (tertiary alicyclic amines) is 2. The van der Waals surface area contributed by atoms with Gasteiger partial charge in [-0.1, -0.05) is 11.6 Å². The molecule has 3 aliphatic heterocycles. The molecule has 1 aromatic heterocycles. The lowest BCUT2D eigenvalue weighted by atomic mass is 10.0. The van der Waals surface area contributed by atoms with Gasteiger partial charge in [0.25, 0.3) is 17.1 Å².